The first kappa shape index (κ1) is 23.8. The maximum Gasteiger partial charge on any atom is 0.410 e. The van der Waals surface area contributed by atoms with Gasteiger partial charge in [0.2, 0.25) is 0 Å². The van der Waals surface area contributed by atoms with Crippen LogP contribution in [0.4, 0.5) is 4.79 Å². The van der Waals surface area contributed by atoms with E-state index in [1.165, 1.54) is 24.3 Å². The Morgan fingerprint density at radius 2 is 2.00 bits per heavy atom. The zero-order chi connectivity index (χ0) is 23.5. The summed E-state index contributed by atoms with van der Waals surface area (Å²) in [4.78, 5) is 38.5. The number of carbonyl (C=O) groups is 2. The molecule has 1 aliphatic heterocycles. The van der Waals surface area contributed by atoms with Crippen LogP contribution in [-0.4, -0.2) is 75.4 Å². The summed E-state index contributed by atoms with van der Waals surface area (Å²) < 4.78 is 11.4. The molecule has 0 aliphatic carbocycles. The van der Waals surface area contributed by atoms with Crippen LogP contribution in [0, 0.1) is 0 Å². The molecule has 0 spiro atoms. The molecule has 2 aromatic heterocycles. The molecule has 1 saturated heterocycles. The number of carbonyl (C=O) groups excluding carboxylic acids is 2. The minimum atomic E-state index is -0.651. The Kier molecular flexibility index (Phi) is 7.27. The van der Waals surface area contributed by atoms with E-state index < -0.39 is 23.9 Å². The molecule has 2 amide bonds. The molecule has 0 radical (unpaired) electrons. The molecule has 10 nitrogen and oxygen atoms in total. The third kappa shape index (κ3) is 5.90. The second-order valence-corrected chi connectivity index (χ2v) is 8.68. The van der Waals surface area contributed by atoms with Crippen molar-refractivity contribution in [1.29, 1.82) is 0 Å². The van der Waals surface area contributed by atoms with Gasteiger partial charge in [-0.05, 0) is 44.5 Å². The Hall–Kier alpha value is -2.82. The number of hydrogen-bond acceptors (Lipinski definition) is 8. The molecule has 172 valence electrons. The summed E-state index contributed by atoms with van der Waals surface area (Å²) in [6.45, 7) is 5.51. The van der Waals surface area contributed by atoms with Crippen molar-refractivity contribution in [3.05, 3.63) is 40.9 Å². The number of aliphatic hydroxyl groups is 1. The molecule has 3 heterocycles. The van der Waals surface area contributed by atoms with Crippen LogP contribution in [0.15, 0.2) is 24.5 Å². The Labute approximate surface area is 190 Å². The van der Waals surface area contributed by atoms with E-state index in [9.17, 15) is 14.7 Å². The second kappa shape index (κ2) is 9.76. The zero-order valence-corrected chi connectivity index (χ0v) is 19.1. The zero-order valence-electron chi connectivity index (χ0n) is 18.3. The maximum absolute atomic E-state index is 12.6. The van der Waals surface area contributed by atoms with Crippen molar-refractivity contribution in [2.75, 3.05) is 26.7 Å². The summed E-state index contributed by atoms with van der Waals surface area (Å²) >= 11 is 6.26. The van der Waals surface area contributed by atoms with Crippen LogP contribution in [0.25, 0.3) is 11.4 Å². The summed E-state index contributed by atoms with van der Waals surface area (Å²) in [6.07, 6.45) is -0.384. The van der Waals surface area contributed by atoms with Crippen LogP contribution in [0.5, 0.6) is 0 Å². The molecule has 2 N–H and O–H groups in total. The van der Waals surface area contributed by atoms with E-state index in [1.54, 1.807) is 32.9 Å². The van der Waals surface area contributed by atoms with E-state index in [2.05, 4.69) is 20.3 Å². The molecule has 2 aromatic rings. The van der Waals surface area contributed by atoms with Crippen LogP contribution < -0.4 is 5.32 Å². The Balaban J connectivity index is 1.91. The van der Waals surface area contributed by atoms with Gasteiger partial charge in [0, 0.05) is 7.05 Å². The Morgan fingerprint density at radius 1 is 1.25 bits per heavy atom. The van der Waals surface area contributed by atoms with Gasteiger partial charge in [0.05, 0.1) is 37.2 Å². The number of morpholine rings is 1. The molecular weight excluding hydrogens is 438 g/mol. The maximum atomic E-state index is 12.6. The van der Waals surface area contributed by atoms with Gasteiger partial charge in [-0.15, -0.1) is 0 Å². The molecule has 32 heavy (non-hydrogen) atoms. The smallest absolute Gasteiger partial charge is 0.410 e. The first-order valence-corrected chi connectivity index (χ1v) is 10.4. The number of rotatable bonds is 4. The summed E-state index contributed by atoms with van der Waals surface area (Å²) in [5, 5.41) is 12.4. The summed E-state index contributed by atoms with van der Waals surface area (Å²) in [7, 11) is 1.51. The molecule has 1 aliphatic rings. The summed E-state index contributed by atoms with van der Waals surface area (Å²) in [5.41, 5.74) is 1.000. The molecular formula is C21H26ClN5O5. The lowest BCUT2D eigenvalue weighted by Gasteiger charge is -2.38. The van der Waals surface area contributed by atoms with Crippen molar-refractivity contribution in [3.8, 4) is 11.4 Å². The topological polar surface area (TPSA) is 127 Å². The summed E-state index contributed by atoms with van der Waals surface area (Å²) in [5.74, 6) is -0.356. The highest BCUT2D eigenvalue weighted by Crippen LogP contribution is 2.30. The SMILES string of the molecule is CNC(=O)c1cc(-c2cc([C@@H]3CN(C(=O)OC(C)(C)C)C[C@@H](CO)O3)cc(Cl)n2)ncn1. The number of amides is 2. The highest BCUT2D eigenvalue weighted by atomic mass is 35.5. The Morgan fingerprint density at radius 3 is 2.66 bits per heavy atom. The lowest BCUT2D eigenvalue weighted by molar-refractivity contribution is -0.104. The minimum Gasteiger partial charge on any atom is -0.444 e. The van der Waals surface area contributed by atoms with Gasteiger partial charge in [0.1, 0.15) is 28.9 Å². The number of halogens is 1. The average molecular weight is 464 g/mol. The first-order chi connectivity index (χ1) is 15.1. The number of ether oxygens (including phenoxy) is 2. The fraction of sp³-hybridized carbons (Fsp3) is 0.476. The van der Waals surface area contributed by atoms with Gasteiger partial charge in [-0.3, -0.25) is 4.79 Å². The predicted octanol–water partition coefficient (Wildman–Crippen LogP) is 2.22. The Bertz CT molecular complexity index is 997. The van der Waals surface area contributed by atoms with E-state index in [4.69, 9.17) is 21.1 Å². The van der Waals surface area contributed by atoms with Crippen LogP contribution in [0.2, 0.25) is 5.15 Å². The van der Waals surface area contributed by atoms with Crippen molar-refractivity contribution in [3.63, 3.8) is 0 Å². The normalized spacial score (nSPS) is 18.9. The van der Waals surface area contributed by atoms with Crippen LogP contribution in [0.1, 0.15) is 42.9 Å². The van der Waals surface area contributed by atoms with E-state index in [0.717, 1.165) is 0 Å². The predicted molar refractivity (Wildman–Crippen MR) is 116 cm³/mol. The monoisotopic (exact) mass is 463 g/mol. The molecule has 11 heteroatoms. The van der Waals surface area contributed by atoms with E-state index in [1.807, 2.05) is 0 Å². The molecule has 0 bridgehead atoms. The third-order valence-electron chi connectivity index (χ3n) is 4.60. The van der Waals surface area contributed by atoms with E-state index in [0.29, 0.717) is 17.0 Å². The molecule has 2 atom stereocenters. The number of aliphatic hydroxyl groups excluding tert-OH is 1. The van der Waals surface area contributed by atoms with Gasteiger partial charge in [0.25, 0.3) is 5.91 Å². The van der Waals surface area contributed by atoms with Gasteiger partial charge in [0.15, 0.2) is 0 Å². The van der Waals surface area contributed by atoms with Gasteiger partial charge < -0.3 is 24.8 Å². The lowest BCUT2D eigenvalue weighted by atomic mass is 10.1. The molecule has 0 unspecified atom stereocenters. The van der Waals surface area contributed by atoms with Crippen molar-refractivity contribution in [2.45, 2.75) is 38.6 Å². The van der Waals surface area contributed by atoms with Gasteiger partial charge in [-0.2, -0.15) is 0 Å². The third-order valence-corrected chi connectivity index (χ3v) is 4.79. The molecule has 3 rings (SSSR count). The van der Waals surface area contributed by atoms with Gasteiger partial charge in [-0.1, -0.05) is 11.6 Å². The van der Waals surface area contributed by atoms with E-state index in [-0.39, 0.29) is 36.5 Å². The summed E-state index contributed by atoms with van der Waals surface area (Å²) in [6, 6.07) is 4.86. The molecule has 0 saturated carbocycles. The standard InChI is InChI=1S/C21H26ClN5O5/c1-21(2,3)32-20(30)27-8-13(10-28)31-17(9-27)12-5-15(26-18(22)6-12)14-7-16(19(29)23-4)25-11-24-14/h5-7,11,13,17,28H,8-10H2,1-4H3,(H,23,29)/t13-,17-/m0/s1. The van der Waals surface area contributed by atoms with Crippen LogP contribution in [-0.2, 0) is 9.47 Å². The van der Waals surface area contributed by atoms with Crippen molar-refractivity contribution in [2.24, 2.45) is 0 Å². The second-order valence-electron chi connectivity index (χ2n) is 8.29. The van der Waals surface area contributed by atoms with Crippen molar-refractivity contribution < 1.29 is 24.2 Å². The highest BCUT2D eigenvalue weighted by Gasteiger charge is 2.34. The van der Waals surface area contributed by atoms with Gasteiger partial charge >= 0.3 is 6.09 Å². The fourth-order valence-electron chi connectivity index (χ4n) is 3.18. The van der Waals surface area contributed by atoms with Crippen molar-refractivity contribution >= 4 is 23.6 Å². The average Bonchev–Trinajstić information content (AvgIpc) is 2.76. The molecule has 0 aromatic carbocycles. The van der Waals surface area contributed by atoms with Crippen molar-refractivity contribution in [1.82, 2.24) is 25.2 Å². The lowest BCUT2D eigenvalue weighted by Crippen LogP contribution is -2.49. The van der Waals surface area contributed by atoms with Crippen LogP contribution >= 0.6 is 11.6 Å². The highest BCUT2D eigenvalue weighted by molar-refractivity contribution is 6.29. The largest absolute Gasteiger partial charge is 0.444 e. The van der Waals surface area contributed by atoms with E-state index >= 15 is 0 Å². The molecule has 1 fully saturated rings. The first-order valence-electron chi connectivity index (χ1n) is 10.1. The number of nitrogens with zero attached hydrogens (tertiary/aromatic N) is 4. The fourth-order valence-corrected chi connectivity index (χ4v) is 3.40. The van der Waals surface area contributed by atoms with Crippen LogP contribution in [0.3, 0.4) is 0 Å². The number of aromatic nitrogens is 3. The quantitative estimate of drug-likeness (QED) is 0.661. The van der Waals surface area contributed by atoms with Gasteiger partial charge in [-0.25, -0.2) is 19.7 Å². The minimum absolute atomic E-state index is 0.186. The number of pyridine rings is 1. The number of hydrogen-bond donors (Lipinski definition) is 2. The number of nitrogens with one attached hydrogen (secondary N) is 1.